The molecule has 0 aliphatic rings. The molecule has 0 aliphatic heterocycles. The smallest absolute Gasteiger partial charge is 0.165 e. The van der Waals surface area contributed by atoms with Crippen LogP contribution in [0.1, 0.15) is 0 Å². The molecule has 0 atom stereocenters. The Morgan fingerprint density at radius 3 is 2.69 bits per heavy atom. The zero-order valence-corrected chi connectivity index (χ0v) is 8.07. The zero-order chi connectivity index (χ0) is 9.26. The highest BCUT2D eigenvalue weighted by Crippen LogP contribution is 2.17. The van der Waals surface area contributed by atoms with Crippen LogP contribution in [-0.2, 0) is 7.05 Å². The van der Waals surface area contributed by atoms with Crippen LogP contribution in [0.5, 0.6) is 0 Å². The Hall–Kier alpha value is -1.29. The molecule has 0 unspecified atom stereocenters. The van der Waals surface area contributed by atoms with Crippen LogP contribution >= 0.6 is 12.6 Å². The van der Waals surface area contributed by atoms with Crippen LogP contribution in [0.25, 0.3) is 11.4 Å². The Bertz CT molecular complexity index is 408. The van der Waals surface area contributed by atoms with Crippen molar-refractivity contribution in [1.82, 2.24) is 14.5 Å². The van der Waals surface area contributed by atoms with Crippen molar-refractivity contribution in [2.45, 2.75) is 5.16 Å². The van der Waals surface area contributed by atoms with E-state index in [1.807, 2.05) is 29.8 Å². The summed E-state index contributed by atoms with van der Waals surface area (Å²) in [6.07, 6.45) is 3.53. The van der Waals surface area contributed by atoms with Gasteiger partial charge in [-0.25, -0.2) is 4.98 Å². The van der Waals surface area contributed by atoms with Crippen LogP contribution in [0.3, 0.4) is 0 Å². The molecule has 66 valence electrons. The van der Waals surface area contributed by atoms with Crippen molar-refractivity contribution >= 4 is 12.6 Å². The Labute approximate surface area is 81.9 Å². The monoisotopic (exact) mass is 191 g/mol. The second-order valence-corrected chi connectivity index (χ2v) is 3.12. The maximum absolute atomic E-state index is 4.23. The predicted molar refractivity (Wildman–Crippen MR) is 53.7 cm³/mol. The molecule has 0 amide bonds. The summed E-state index contributed by atoms with van der Waals surface area (Å²) in [6.45, 7) is 0. The van der Waals surface area contributed by atoms with Crippen LogP contribution in [0, 0.1) is 0 Å². The molecule has 4 heteroatoms. The van der Waals surface area contributed by atoms with E-state index in [9.17, 15) is 0 Å². The van der Waals surface area contributed by atoms with Gasteiger partial charge in [-0.15, -0.1) is 12.6 Å². The van der Waals surface area contributed by atoms with E-state index in [0.717, 1.165) is 11.4 Å². The number of thiol groups is 1. The molecule has 0 spiro atoms. The first kappa shape index (κ1) is 8.31. The van der Waals surface area contributed by atoms with E-state index in [4.69, 9.17) is 0 Å². The fourth-order valence-corrected chi connectivity index (χ4v) is 1.32. The fraction of sp³-hybridized carbons (Fsp3) is 0.111. The van der Waals surface area contributed by atoms with E-state index in [0.29, 0.717) is 5.16 Å². The number of hydrogen-bond donors (Lipinski definition) is 1. The maximum atomic E-state index is 4.23. The highest BCUT2D eigenvalue weighted by molar-refractivity contribution is 7.80. The Morgan fingerprint density at radius 2 is 2.15 bits per heavy atom. The maximum Gasteiger partial charge on any atom is 0.165 e. The molecule has 0 aromatic carbocycles. The molecule has 0 radical (unpaired) electrons. The molecule has 2 rings (SSSR count). The number of hydrogen-bond acceptors (Lipinski definition) is 3. The third-order valence-corrected chi connectivity index (χ3v) is 2.31. The molecular formula is C9H9N3S. The zero-order valence-electron chi connectivity index (χ0n) is 7.18. The quantitative estimate of drug-likeness (QED) is 0.696. The number of pyridine rings is 1. The van der Waals surface area contributed by atoms with Crippen LogP contribution < -0.4 is 0 Å². The van der Waals surface area contributed by atoms with E-state index in [2.05, 4.69) is 22.6 Å². The fourth-order valence-electron chi connectivity index (χ4n) is 1.15. The average Bonchev–Trinajstić information content (AvgIpc) is 2.49. The summed E-state index contributed by atoms with van der Waals surface area (Å²) >= 11 is 4.19. The van der Waals surface area contributed by atoms with Crippen molar-refractivity contribution in [3.63, 3.8) is 0 Å². The topological polar surface area (TPSA) is 30.7 Å². The van der Waals surface area contributed by atoms with Gasteiger partial charge in [0, 0.05) is 13.2 Å². The summed E-state index contributed by atoms with van der Waals surface area (Å²) in [5.41, 5.74) is 1.89. The van der Waals surface area contributed by atoms with Gasteiger partial charge in [0.15, 0.2) is 5.16 Å². The summed E-state index contributed by atoms with van der Waals surface area (Å²) in [4.78, 5) is 8.31. The normalized spacial score (nSPS) is 10.3. The molecule has 2 aromatic rings. The van der Waals surface area contributed by atoms with Gasteiger partial charge in [-0.3, -0.25) is 4.98 Å². The summed E-state index contributed by atoms with van der Waals surface area (Å²) in [6, 6.07) is 5.79. The van der Waals surface area contributed by atoms with E-state index in [1.54, 1.807) is 12.4 Å². The molecule has 3 nitrogen and oxygen atoms in total. The van der Waals surface area contributed by atoms with Crippen molar-refractivity contribution in [1.29, 1.82) is 0 Å². The molecule has 13 heavy (non-hydrogen) atoms. The van der Waals surface area contributed by atoms with Gasteiger partial charge in [0.25, 0.3) is 0 Å². The summed E-state index contributed by atoms with van der Waals surface area (Å²) in [5.74, 6) is 0. The molecule has 0 saturated carbocycles. The molecule has 0 N–H and O–H groups in total. The van der Waals surface area contributed by atoms with Crippen molar-refractivity contribution in [3.8, 4) is 11.4 Å². The minimum atomic E-state index is 0.695. The molecule has 0 aliphatic carbocycles. The average molecular weight is 191 g/mol. The third kappa shape index (κ3) is 1.45. The minimum Gasteiger partial charge on any atom is -0.321 e. The Kier molecular flexibility index (Phi) is 2.06. The van der Waals surface area contributed by atoms with Crippen molar-refractivity contribution in [3.05, 3.63) is 30.6 Å². The van der Waals surface area contributed by atoms with Gasteiger partial charge in [0.2, 0.25) is 0 Å². The van der Waals surface area contributed by atoms with Gasteiger partial charge in [-0.2, -0.15) is 0 Å². The number of imidazole rings is 1. The molecule has 0 fully saturated rings. The van der Waals surface area contributed by atoms with Crippen molar-refractivity contribution < 1.29 is 0 Å². The van der Waals surface area contributed by atoms with Crippen molar-refractivity contribution in [2.75, 3.05) is 0 Å². The van der Waals surface area contributed by atoms with Gasteiger partial charge in [-0.05, 0) is 12.1 Å². The molecule has 0 saturated heterocycles. The lowest BCUT2D eigenvalue weighted by molar-refractivity contribution is 0.798. The second-order valence-electron chi connectivity index (χ2n) is 2.72. The summed E-state index contributed by atoms with van der Waals surface area (Å²) < 4.78 is 1.89. The van der Waals surface area contributed by atoms with E-state index in [-0.39, 0.29) is 0 Å². The molecule has 2 aromatic heterocycles. The van der Waals surface area contributed by atoms with Crippen LogP contribution in [0.2, 0.25) is 0 Å². The van der Waals surface area contributed by atoms with E-state index in [1.165, 1.54) is 0 Å². The lowest BCUT2D eigenvalue weighted by atomic mass is 10.3. The third-order valence-electron chi connectivity index (χ3n) is 1.89. The highest BCUT2D eigenvalue weighted by atomic mass is 32.1. The summed E-state index contributed by atoms with van der Waals surface area (Å²) in [5, 5.41) is 0.695. The van der Waals surface area contributed by atoms with E-state index < -0.39 is 0 Å². The largest absolute Gasteiger partial charge is 0.321 e. The van der Waals surface area contributed by atoms with E-state index >= 15 is 0 Å². The van der Waals surface area contributed by atoms with Gasteiger partial charge in [0.05, 0.1) is 17.6 Å². The van der Waals surface area contributed by atoms with Crippen molar-refractivity contribution in [2.24, 2.45) is 7.05 Å². The number of rotatable bonds is 1. The predicted octanol–water partition coefficient (Wildman–Crippen LogP) is 1.77. The highest BCUT2D eigenvalue weighted by Gasteiger charge is 2.05. The summed E-state index contributed by atoms with van der Waals surface area (Å²) in [7, 11) is 1.92. The molecule has 0 bridgehead atoms. The first-order valence-electron chi connectivity index (χ1n) is 3.91. The Morgan fingerprint density at radius 1 is 1.31 bits per heavy atom. The lowest BCUT2D eigenvalue weighted by Gasteiger charge is -2.00. The van der Waals surface area contributed by atoms with Crippen LogP contribution in [0.15, 0.2) is 35.7 Å². The lowest BCUT2D eigenvalue weighted by Crippen LogP contribution is -1.93. The van der Waals surface area contributed by atoms with Gasteiger partial charge in [-0.1, -0.05) is 6.07 Å². The van der Waals surface area contributed by atoms with Gasteiger partial charge >= 0.3 is 0 Å². The molecule has 2 heterocycles. The van der Waals surface area contributed by atoms with Crippen LogP contribution in [0.4, 0.5) is 0 Å². The first-order chi connectivity index (χ1) is 6.29. The SMILES string of the molecule is Cn1c(-c2ccccn2)cnc1S. The number of nitrogens with zero attached hydrogens (tertiary/aromatic N) is 3. The second kappa shape index (κ2) is 3.22. The minimum absolute atomic E-state index is 0.695. The number of aromatic nitrogens is 3. The van der Waals surface area contributed by atoms with Gasteiger partial charge in [0.1, 0.15) is 0 Å². The Balaban J connectivity index is 2.53. The molecular weight excluding hydrogens is 182 g/mol. The van der Waals surface area contributed by atoms with Crippen LogP contribution in [-0.4, -0.2) is 14.5 Å². The first-order valence-corrected chi connectivity index (χ1v) is 4.36. The standard InChI is InChI=1S/C9H9N3S/c1-12-8(6-11-9(12)13)7-4-2-3-5-10-7/h2-6H,1H3,(H,11,13). The van der Waals surface area contributed by atoms with Gasteiger partial charge < -0.3 is 4.57 Å².